The van der Waals surface area contributed by atoms with Gasteiger partial charge in [-0.3, -0.25) is 0 Å². The lowest BCUT2D eigenvalue weighted by atomic mass is 10.0. The van der Waals surface area contributed by atoms with Gasteiger partial charge in [-0.1, -0.05) is 0 Å². The number of hydrogen-bond acceptors (Lipinski definition) is 5. The van der Waals surface area contributed by atoms with Crippen molar-refractivity contribution in [3.8, 4) is 6.07 Å². The number of aromatic nitrogens is 1. The van der Waals surface area contributed by atoms with Crippen molar-refractivity contribution in [2.75, 3.05) is 25.6 Å². The van der Waals surface area contributed by atoms with E-state index in [0.29, 0.717) is 25.3 Å². The molecule has 0 saturated carbocycles. The summed E-state index contributed by atoms with van der Waals surface area (Å²) in [6, 6.07) is 5.34. The highest BCUT2D eigenvalue weighted by molar-refractivity contribution is 5.42. The van der Waals surface area contributed by atoms with Gasteiger partial charge in [-0.15, -0.1) is 0 Å². The first kappa shape index (κ1) is 13.4. The molecule has 0 saturated heterocycles. The molecule has 5 heteroatoms. The molecule has 1 atom stereocenters. The first-order valence-electron chi connectivity index (χ1n) is 5.39. The standard InChI is InChI=1S/C12H17N3O2/c1-12(16,5-6-17-2)9-15-11-4-3-10(7-13)14-8-11/h3-4,8,15-16H,5-6,9H2,1-2H3. The maximum atomic E-state index is 9.99. The Morgan fingerprint density at radius 3 is 2.88 bits per heavy atom. The minimum Gasteiger partial charge on any atom is -0.388 e. The molecule has 0 bridgehead atoms. The van der Waals surface area contributed by atoms with E-state index in [1.807, 2.05) is 6.07 Å². The quantitative estimate of drug-likeness (QED) is 0.773. The second-order valence-electron chi connectivity index (χ2n) is 4.14. The van der Waals surface area contributed by atoms with E-state index in [4.69, 9.17) is 10.00 Å². The molecule has 0 aliphatic rings. The third-order valence-electron chi connectivity index (χ3n) is 2.40. The van der Waals surface area contributed by atoms with Gasteiger partial charge in [0.1, 0.15) is 11.8 Å². The molecule has 0 spiro atoms. The Bertz CT molecular complexity index is 382. The Morgan fingerprint density at radius 1 is 1.59 bits per heavy atom. The third kappa shape index (κ3) is 4.81. The molecule has 5 nitrogen and oxygen atoms in total. The number of hydrogen-bond donors (Lipinski definition) is 2. The fourth-order valence-corrected chi connectivity index (χ4v) is 1.27. The van der Waals surface area contributed by atoms with Gasteiger partial charge < -0.3 is 15.2 Å². The summed E-state index contributed by atoms with van der Waals surface area (Å²) in [6.07, 6.45) is 2.13. The van der Waals surface area contributed by atoms with Crippen LogP contribution >= 0.6 is 0 Å². The number of pyridine rings is 1. The number of ether oxygens (including phenoxy) is 1. The number of aliphatic hydroxyl groups is 1. The van der Waals surface area contributed by atoms with Crippen LogP contribution in [0.1, 0.15) is 19.0 Å². The van der Waals surface area contributed by atoms with Crippen molar-refractivity contribution in [2.24, 2.45) is 0 Å². The third-order valence-corrected chi connectivity index (χ3v) is 2.40. The molecular formula is C12H17N3O2. The average molecular weight is 235 g/mol. The maximum Gasteiger partial charge on any atom is 0.140 e. The highest BCUT2D eigenvalue weighted by Gasteiger charge is 2.19. The van der Waals surface area contributed by atoms with Gasteiger partial charge in [0.25, 0.3) is 0 Å². The zero-order valence-corrected chi connectivity index (χ0v) is 10.1. The second-order valence-corrected chi connectivity index (χ2v) is 4.14. The van der Waals surface area contributed by atoms with E-state index in [9.17, 15) is 5.11 Å². The van der Waals surface area contributed by atoms with Gasteiger partial charge in [-0.05, 0) is 19.1 Å². The SMILES string of the molecule is COCCC(C)(O)CNc1ccc(C#N)nc1. The number of anilines is 1. The van der Waals surface area contributed by atoms with Crippen molar-refractivity contribution in [3.05, 3.63) is 24.0 Å². The van der Waals surface area contributed by atoms with E-state index in [1.54, 1.807) is 32.4 Å². The summed E-state index contributed by atoms with van der Waals surface area (Å²) < 4.78 is 4.92. The fraction of sp³-hybridized carbons (Fsp3) is 0.500. The topological polar surface area (TPSA) is 78.2 Å². The van der Waals surface area contributed by atoms with Crippen LogP contribution in [0.4, 0.5) is 5.69 Å². The van der Waals surface area contributed by atoms with Crippen LogP contribution in [0.3, 0.4) is 0 Å². The van der Waals surface area contributed by atoms with Crippen molar-refractivity contribution in [1.29, 1.82) is 5.26 Å². The van der Waals surface area contributed by atoms with Crippen molar-refractivity contribution < 1.29 is 9.84 Å². The molecule has 0 aromatic carbocycles. The molecule has 1 heterocycles. The highest BCUT2D eigenvalue weighted by Crippen LogP contribution is 2.12. The van der Waals surface area contributed by atoms with Gasteiger partial charge in [0.15, 0.2) is 0 Å². The summed E-state index contributed by atoms with van der Waals surface area (Å²) in [7, 11) is 1.61. The summed E-state index contributed by atoms with van der Waals surface area (Å²) in [4.78, 5) is 3.93. The van der Waals surface area contributed by atoms with E-state index >= 15 is 0 Å². The van der Waals surface area contributed by atoms with Crippen LogP contribution in [0, 0.1) is 11.3 Å². The van der Waals surface area contributed by atoms with Crippen LogP contribution in [-0.2, 0) is 4.74 Å². The van der Waals surface area contributed by atoms with Crippen molar-refractivity contribution >= 4 is 5.69 Å². The van der Waals surface area contributed by atoms with Crippen LogP contribution in [-0.4, -0.2) is 36.0 Å². The number of nitriles is 1. The van der Waals surface area contributed by atoms with E-state index in [-0.39, 0.29) is 0 Å². The monoisotopic (exact) mass is 235 g/mol. The van der Waals surface area contributed by atoms with Gasteiger partial charge in [0.05, 0.1) is 17.5 Å². The number of nitrogens with one attached hydrogen (secondary N) is 1. The van der Waals surface area contributed by atoms with Gasteiger partial charge in [-0.25, -0.2) is 4.98 Å². The zero-order valence-electron chi connectivity index (χ0n) is 10.1. The first-order valence-corrected chi connectivity index (χ1v) is 5.39. The molecule has 1 rings (SSSR count). The number of methoxy groups -OCH3 is 1. The minimum atomic E-state index is -0.829. The van der Waals surface area contributed by atoms with Gasteiger partial charge in [0, 0.05) is 26.7 Å². The van der Waals surface area contributed by atoms with Gasteiger partial charge in [-0.2, -0.15) is 5.26 Å². The lowest BCUT2D eigenvalue weighted by Crippen LogP contribution is -2.34. The predicted octanol–water partition coefficient (Wildman–Crippen LogP) is 1.15. The van der Waals surface area contributed by atoms with E-state index in [2.05, 4.69) is 10.3 Å². The second kappa shape index (κ2) is 6.18. The Balaban J connectivity index is 2.46. The number of rotatable bonds is 6. The molecule has 92 valence electrons. The van der Waals surface area contributed by atoms with Gasteiger partial charge in [0.2, 0.25) is 0 Å². The summed E-state index contributed by atoms with van der Waals surface area (Å²) in [5.41, 5.74) is 0.326. The van der Waals surface area contributed by atoms with E-state index < -0.39 is 5.60 Å². The average Bonchev–Trinajstić information content (AvgIpc) is 2.35. The van der Waals surface area contributed by atoms with Crippen molar-refractivity contribution in [3.63, 3.8) is 0 Å². The summed E-state index contributed by atoms with van der Waals surface area (Å²) in [5, 5.41) is 21.7. The summed E-state index contributed by atoms with van der Waals surface area (Å²) in [5.74, 6) is 0. The molecule has 0 fully saturated rings. The molecular weight excluding hydrogens is 218 g/mol. The lowest BCUT2D eigenvalue weighted by molar-refractivity contribution is 0.0357. The molecule has 0 aliphatic heterocycles. The Morgan fingerprint density at radius 2 is 2.35 bits per heavy atom. The number of nitrogens with zero attached hydrogens (tertiary/aromatic N) is 2. The molecule has 0 radical (unpaired) electrons. The Kier molecular flexibility index (Phi) is 4.88. The van der Waals surface area contributed by atoms with Crippen LogP contribution in [0.2, 0.25) is 0 Å². The van der Waals surface area contributed by atoms with Crippen LogP contribution in [0.25, 0.3) is 0 Å². The lowest BCUT2D eigenvalue weighted by Gasteiger charge is -2.23. The molecule has 0 aliphatic carbocycles. The van der Waals surface area contributed by atoms with E-state index in [1.165, 1.54) is 0 Å². The summed E-state index contributed by atoms with van der Waals surface area (Å²) >= 11 is 0. The normalized spacial score (nSPS) is 13.8. The molecule has 1 aromatic rings. The van der Waals surface area contributed by atoms with Crippen LogP contribution < -0.4 is 5.32 Å². The summed E-state index contributed by atoms with van der Waals surface area (Å²) in [6.45, 7) is 2.67. The van der Waals surface area contributed by atoms with E-state index in [0.717, 1.165) is 5.69 Å². The smallest absolute Gasteiger partial charge is 0.140 e. The molecule has 1 unspecified atom stereocenters. The largest absolute Gasteiger partial charge is 0.388 e. The minimum absolute atomic E-state index is 0.377. The molecule has 0 amide bonds. The fourth-order valence-electron chi connectivity index (χ4n) is 1.27. The van der Waals surface area contributed by atoms with Crippen LogP contribution in [0.5, 0.6) is 0 Å². The molecule has 17 heavy (non-hydrogen) atoms. The zero-order chi connectivity index (χ0) is 12.7. The highest BCUT2D eigenvalue weighted by atomic mass is 16.5. The van der Waals surface area contributed by atoms with Crippen molar-refractivity contribution in [1.82, 2.24) is 4.98 Å². The maximum absolute atomic E-state index is 9.99. The van der Waals surface area contributed by atoms with Gasteiger partial charge >= 0.3 is 0 Å². The van der Waals surface area contributed by atoms with Crippen molar-refractivity contribution in [2.45, 2.75) is 18.9 Å². The first-order chi connectivity index (χ1) is 8.07. The predicted molar refractivity (Wildman–Crippen MR) is 64.6 cm³/mol. The molecule has 1 aromatic heterocycles. The Labute approximate surface area is 101 Å². The Hall–Kier alpha value is -1.64. The van der Waals surface area contributed by atoms with Crippen LogP contribution in [0.15, 0.2) is 18.3 Å². The molecule has 2 N–H and O–H groups in total.